The Bertz CT molecular complexity index is 436. The Hall–Kier alpha value is -1.49. The zero-order valence-electron chi connectivity index (χ0n) is 12.6. The Morgan fingerprint density at radius 1 is 1.19 bits per heavy atom. The van der Waals surface area contributed by atoms with Gasteiger partial charge in [0.1, 0.15) is 0 Å². The van der Waals surface area contributed by atoms with Gasteiger partial charge < -0.3 is 10.1 Å². The minimum Gasteiger partial charge on any atom is -0.465 e. The SMILES string of the molecule is CCCC(NC(=O)CSCC(=O)OCC)c1ccccc1. The molecule has 1 amide bonds. The molecule has 1 atom stereocenters. The van der Waals surface area contributed by atoms with Crippen LogP contribution in [0.25, 0.3) is 0 Å². The van der Waals surface area contributed by atoms with Gasteiger partial charge in [-0.15, -0.1) is 11.8 Å². The summed E-state index contributed by atoms with van der Waals surface area (Å²) in [5, 5.41) is 3.03. The molecule has 0 saturated carbocycles. The average Bonchev–Trinajstić information content (AvgIpc) is 2.48. The van der Waals surface area contributed by atoms with Crippen molar-refractivity contribution in [3.8, 4) is 0 Å². The van der Waals surface area contributed by atoms with Crippen molar-refractivity contribution < 1.29 is 14.3 Å². The number of esters is 1. The van der Waals surface area contributed by atoms with Gasteiger partial charge in [0.25, 0.3) is 0 Å². The summed E-state index contributed by atoms with van der Waals surface area (Å²) < 4.78 is 4.82. The van der Waals surface area contributed by atoms with Crippen molar-refractivity contribution in [2.24, 2.45) is 0 Å². The molecule has 1 rings (SSSR count). The third-order valence-electron chi connectivity index (χ3n) is 2.87. The average molecular weight is 309 g/mol. The van der Waals surface area contributed by atoms with Crippen molar-refractivity contribution in [2.45, 2.75) is 32.7 Å². The molecule has 0 aliphatic rings. The molecule has 0 heterocycles. The number of benzene rings is 1. The van der Waals surface area contributed by atoms with Crippen LogP contribution in [0.2, 0.25) is 0 Å². The molecule has 1 unspecified atom stereocenters. The van der Waals surface area contributed by atoms with E-state index in [0.717, 1.165) is 18.4 Å². The van der Waals surface area contributed by atoms with Gasteiger partial charge >= 0.3 is 5.97 Å². The first kappa shape index (κ1) is 17.6. The molecule has 0 aromatic heterocycles. The summed E-state index contributed by atoms with van der Waals surface area (Å²) in [6.07, 6.45) is 1.90. The van der Waals surface area contributed by atoms with Gasteiger partial charge in [-0.05, 0) is 18.9 Å². The third kappa shape index (κ3) is 7.18. The van der Waals surface area contributed by atoms with Crippen LogP contribution in [0.3, 0.4) is 0 Å². The van der Waals surface area contributed by atoms with E-state index in [9.17, 15) is 9.59 Å². The summed E-state index contributed by atoms with van der Waals surface area (Å²) in [6.45, 7) is 4.24. The summed E-state index contributed by atoms with van der Waals surface area (Å²) >= 11 is 1.28. The molecule has 1 N–H and O–H groups in total. The van der Waals surface area contributed by atoms with E-state index in [-0.39, 0.29) is 29.4 Å². The van der Waals surface area contributed by atoms with Gasteiger partial charge in [0, 0.05) is 0 Å². The Balaban J connectivity index is 2.41. The lowest BCUT2D eigenvalue weighted by Gasteiger charge is -2.18. The number of thioether (sulfide) groups is 1. The second kappa shape index (κ2) is 10.3. The lowest BCUT2D eigenvalue weighted by Crippen LogP contribution is -2.30. The van der Waals surface area contributed by atoms with Crippen molar-refractivity contribution >= 4 is 23.6 Å². The zero-order valence-corrected chi connectivity index (χ0v) is 13.4. The van der Waals surface area contributed by atoms with Gasteiger partial charge in [0.15, 0.2) is 0 Å². The van der Waals surface area contributed by atoms with Crippen LogP contribution in [0.1, 0.15) is 38.3 Å². The van der Waals surface area contributed by atoms with Crippen molar-refractivity contribution in [2.75, 3.05) is 18.1 Å². The quantitative estimate of drug-likeness (QED) is 0.713. The predicted molar refractivity (Wildman–Crippen MR) is 86.2 cm³/mol. The minimum atomic E-state index is -0.275. The highest BCUT2D eigenvalue weighted by Gasteiger charge is 2.14. The molecule has 0 spiro atoms. The lowest BCUT2D eigenvalue weighted by molar-refractivity contribution is -0.139. The molecular formula is C16H23NO3S. The van der Waals surface area contributed by atoms with Gasteiger partial charge in [0.2, 0.25) is 5.91 Å². The van der Waals surface area contributed by atoms with Crippen LogP contribution in [0.4, 0.5) is 0 Å². The van der Waals surface area contributed by atoms with Gasteiger partial charge in [-0.2, -0.15) is 0 Å². The molecule has 0 saturated heterocycles. The van der Waals surface area contributed by atoms with E-state index in [1.54, 1.807) is 6.92 Å². The van der Waals surface area contributed by atoms with Crippen LogP contribution < -0.4 is 5.32 Å². The second-order valence-electron chi connectivity index (χ2n) is 4.62. The Labute approximate surface area is 130 Å². The number of carbonyl (C=O) groups is 2. The van der Waals surface area contributed by atoms with E-state index >= 15 is 0 Å². The third-order valence-corrected chi connectivity index (χ3v) is 3.78. The number of carbonyl (C=O) groups excluding carboxylic acids is 2. The summed E-state index contributed by atoms with van der Waals surface area (Å²) in [4.78, 5) is 23.2. The number of amides is 1. The standard InChI is InChI=1S/C16H23NO3S/c1-3-8-14(13-9-6-5-7-10-13)17-15(18)11-21-12-16(19)20-4-2/h5-7,9-10,14H,3-4,8,11-12H2,1-2H3,(H,17,18). The minimum absolute atomic E-state index is 0.0342. The maximum absolute atomic E-state index is 12.0. The topological polar surface area (TPSA) is 55.4 Å². The monoisotopic (exact) mass is 309 g/mol. The highest BCUT2D eigenvalue weighted by atomic mass is 32.2. The number of nitrogens with one attached hydrogen (secondary N) is 1. The van der Waals surface area contributed by atoms with Crippen molar-refractivity contribution in [3.63, 3.8) is 0 Å². The zero-order chi connectivity index (χ0) is 15.5. The van der Waals surface area contributed by atoms with Crippen LogP contribution in [-0.4, -0.2) is 30.0 Å². The van der Waals surface area contributed by atoms with Gasteiger partial charge in [0.05, 0.1) is 24.2 Å². The molecule has 0 aliphatic carbocycles. The van der Waals surface area contributed by atoms with Crippen molar-refractivity contribution in [1.82, 2.24) is 5.32 Å². The fraction of sp³-hybridized carbons (Fsp3) is 0.500. The van der Waals surface area contributed by atoms with Crippen LogP contribution >= 0.6 is 11.8 Å². The fourth-order valence-corrected chi connectivity index (χ4v) is 2.58. The summed E-state index contributed by atoms with van der Waals surface area (Å²) in [5.41, 5.74) is 1.11. The molecule has 1 aromatic carbocycles. The van der Waals surface area contributed by atoms with Crippen LogP contribution in [0.5, 0.6) is 0 Å². The highest BCUT2D eigenvalue weighted by Crippen LogP contribution is 2.18. The fourth-order valence-electron chi connectivity index (χ4n) is 1.96. The highest BCUT2D eigenvalue weighted by molar-refractivity contribution is 8.00. The maximum Gasteiger partial charge on any atom is 0.315 e. The first-order chi connectivity index (χ1) is 10.2. The normalized spacial score (nSPS) is 11.7. The van der Waals surface area contributed by atoms with Crippen molar-refractivity contribution in [3.05, 3.63) is 35.9 Å². The number of ether oxygens (including phenoxy) is 1. The van der Waals surface area contributed by atoms with E-state index in [1.165, 1.54) is 11.8 Å². The Morgan fingerprint density at radius 3 is 2.52 bits per heavy atom. The summed E-state index contributed by atoms with van der Waals surface area (Å²) in [7, 11) is 0. The van der Waals surface area contributed by atoms with Gasteiger partial charge in [-0.3, -0.25) is 9.59 Å². The molecule has 5 heteroatoms. The number of hydrogen-bond donors (Lipinski definition) is 1. The van der Waals surface area contributed by atoms with Crippen molar-refractivity contribution in [1.29, 1.82) is 0 Å². The molecule has 0 radical (unpaired) electrons. The van der Waals surface area contributed by atoms with Crippen LogP contribution in [0, 0.1) is 0 Å². The smallest absolute Gasteiger partial charge is 0.315 e. The van der Waals surface area contributed by atoms with Gasteiger partial charge in [-0.1, -0.05) is 43.7 Å². The largest absolute Gasteiger partial charge is 0.465 e. The van der Waals surface area contributed by atoms with Crippen LogP contribution in [0.15, 0.2) is 30.3 Å². The first-order valence-corrected chi connectivity index (χ1v) is 8.40. The first-order valence-electron chi connectivity index (χ1n) is 7.25. The van der Waals surface area contributed by atoms with E-state index < -0.39 is 0 Å². The molecule has 1 aromatic rings. The second-order valence-corrected chi connectivity index (χ2v) is 5.60. The van der Waals surface area contributed by atoms with E-state index in [1.807, 2.05) is 30.3 Å². The van der Waals surface area contributed by atoms with Gasteiger partial charge in [-0.25, -0.2) is 0 Å². The molecule has 0 aliphatic heterocycles. The predicted octanol–water partition coefficient (Wildman–Crippen LogP) is 2.94. The van der Waals surface area contributed by atoms with Crippen LogP contribution in [-0.2, 0) is 14.3 Å². The molecule has 0 fully saturated rings. The van der Waals surface area contributed by atoms with E-state index in [4.69, 9.17) is 4.74 Å². The summed E-state index contributed by atoms with van der Waals surface area (Å²) in [6, 6.07) is 9.98. The van der Waals surface area contributed by atoms with E-state index in [0.29, 0.717) is 6.61 Å². The molecule has 0 bridgehead atoms. The summed E-state index contributed by atoms with van der Waals surface area (Å²) in [5.74, 6) is 0.159. The number of hydrogen-bond acceptors (Lipinski definition) is 4. The van der Waals surface area contributed by atoms with E-state index in [2.05, 4.69) is 12.2 Å². The molecule has 116 valence electrons. The lowest BCUT2D eigenvalue weighted by atomic mass is 10.0. The Kier molecular flexibility index (Phi) is 8.59. The maximum atomic E-state index is 12.0. The number of rotatable bonds is 9. The Morgan fingerprint density at radius 2 is 1.90 bits per heavy atom. The molecular weight excluding hydrogens is 286 g/mol. The molecule has 4 nitrogen and oxygen atoms in total. The molecule has 21 heavy (non-hydrogen) atoms.